The second kappa shape index (κ2) is 6.99. The van der Waals surface area contributed by atoms with E-state index in [9.17, 15) is 4.79 Å². The van der Waals surface area contributed by atoms with E-state index in [1.165, 1.54) is 6.33 Å². The largest absolute Gasteiger partial charge is 0.340 e. The maximum atomic E-state index is 12.7. The molecule has 0 spiro atoms. The Bertz CT molecular complexity index is 909. The molecule has 3 aromatic heterocycles. The molecular weight excluding hydrogens is 330 g/mol. The summed E-state index contributed by atoms with van der Waals surface area (Å²) in [6.07, 6.45) is 6.65. The van der Waals surface area contributed by atoms with Crippen molar-refractivity contribution in [3.8, 4) is 11.5 Å². The molecule has 0 unspecified atom stereocenters. The molecule has 1 aliphatic rings. The number of aromatic nitrogens is 6. The van der Waals surface area contributed by atoms with E-state index in [0.29, 0.717) is 29.7 Å². The third-order valence-electron chi connectivity index (χ3n) is 4.58. The van der Waals surface area contributed by atoms with Gasteiger partial charge in [-0.05, 0) is 31.0 Å². The molecule has 1 fully saturated rings. The van der Waals surface area contributed by atoms with Crippen LogP contribution in [0.3, 0.4) is 0 Å². The van der Waals surface area contributed by atoms with Gasteiger partial charge in [0, 0.05) is 38.4 Å². The predicted octanol–water partition coefficient (Wildman–Crippen LogP) is 1.77. The Morgan fingerprint density at radius 3 is 2.85 bits per heavy atom. The first-order chi connectivity index (χ1) is 12.7. The van der Waals surface area contributed by atoms with Crippen molar-refractivity contribution < 1.29 is 4.79 Å². The molecule has 132 valence electrons. The van der Waals surface area contributed by atoms with Gasteiger partial charge in [-0.25, -0.2) is 19.6 Å². The molecule has 8 heteroatoms. The second-order valence-corrected chi connectivity index (χ2v) is 6.31. The van der Waals surface area contributed by atoms with E-state index in [4.69, 9.17) is 0 Å². The van der Waals surface area contributed by atoms with E-state index < -0.39 is 0 Å². The van der Waals surface area contributed by atoms with E-state index in [0.717, 1.165) is 19.4 Å². The van der Waals surface area contributed by atoms with Crippen molar-refractivity contribution in [2.45, 2.75) is 12.8 Å². The van der Waals surface area contributed by atoms with Crippen molar-refractivity contribution in [3.05, 3.63) is 48.7 Å². The van der Waals surface area contributed by atoms with Crippen molar-refractivity contribution >= 4 is 11.7 Å². The third-order valence-corrected chi connectivity index (χ3v) is 4.58. The Morgan fingerprint density at radius 1 is 1.15 bits per heavy atom. The summed E-state index contributed by atoms with van der Waals surface area (Å²) in [5.74, 6) is 1.29. The number of aryl methyl sites for hydroxylation is 1. The number of hydrogen-bond acceptors (Lipinski definition) is 7. The fourth-order valence-corrected chi connectivity index (χ4v) is 3.24. The van der Waals surface area contributed by atoms with Crippen LogP contribution in [0.5, 0.6) is 0 Å². The zero-order chi connectivity index (χ0) is 17.9. The molecule has 0 aromatic carbocycles. The highest BCUT2D eigenvalue weighted by molar-refractivity contribution is 5.96. The van der Waals surface area contributed by atoms with E-state index >= 15 is 0 Å². The highest BCUT2D eigenvalue weighted by atomic mass is 16.1. The summed E-state index contributed by atoms with van der Waals surface area (Å²) in [6, 6.07) is 7.24. The Hall–Kier alpha value is -3.16. The topological polar surface area (TPSA) is 89.7 Å². The molecular formula is C18H19N7O. The monoisotopic (exact) mass is 349 g/mol. The molecule has 1 saturated heterocycles. The van der Waals surface area contributed by atoms with E-state index in [-0.39, 0.29) is 11.7 Å². The van der Waals surface area contributed by atoms with Crippen LogP contribution in [0.25, 0.3) is 11.5 Å². The van der Waals surface area contributed by atoms with Crippen molar-refractivity contribution in [1.82, 2.24) is 29.7 Å². The summed E-state index contributed by atoms with van der Waals surface area (Å²) in [7, 11) is 1.83. The number of anilines is 1. The standard InChI is InChI=1S/C18H19N7O/c1-24-17(21-12-22-24)15-7-9-20-18(23-15)25-10-4-5-13(11-25)16(26)14-6-2-3-8-19-14/h2-3,6-9,12-13H,4-5,10-11H2,1H3/t13-/m0/s1. The maximum absolute atomic E-state index is 12.7. The van der Waals surface area contributed by atoms with Gasteiger partial charge in [0.25, 0.3) is 0 Å². The maximum Gasteiger partial charge on any atom is 0.225 e. The summed E-state index contributed by atoms with van der Waals surface area (Å²) in [4.78, 5) is 32.2. The Morgan fingerprint density at radius 2 is 2.08 bits per heavy atom. The summed E-state index contributed by atoms with van der Waals surface area (Å²) >= 11 is 0. The van der Waals surface area contributed by atoms with Crippen LogP contribution in [0, 0.1) is 5.92 Å². The van der Waals surface area contributed by atoms with Crippen LogP contribution in [-0.2, 0) is 7.05 Å². The zero-order valence-electron chi connectivity index (χ0n) is 14.5. The van der Waals surface area contributed by atoms with Crippen LogP contribution in [0.2, 0.25) is 0 Å². The van der Waals surface area contributed by atoms with Crippen LogP contribution in [0.1, 0.15) is 23.3 Å². The number of carbonyl (C=O) groups is 1. The van der Waals surface area contributed by atoms with Crippen molar-refractivity contribution in [1.29, 1.82) is 0 Å². The highest BCUT2D eigenvalue weighted by Gasteiger charge is 2.28. The number of ketones is 1. The van der Waals surface area contributed by atoms with Gasteiger partial charge >= 0.3 is 0 Å². The molecule has 0 radical (unpaired) electrons. The highest BCUT2D eigenvalue weighted by Crippen LogP contribution is 2.24. The minimum atomic E-state index is -0.0965. The molecule has 0 aliphatic carbocycles. The SMILES string of the molecule is Cn1ncnc1-c1ccnc(N2CCC[C@H](C(=O)c3ccccn3)C2)n1. The van der Waals surface area contributed by atoms with Crippen molar-refractivity contribution in [2.24, 2.45) is 13.0 Å². The molecule has 26 heavy (non-hydrogen) atoms. The molecule has 3 aromatic rings. The molecule has 4 heterocycles. The minimum Gasteiger partial charge on any atom is -0.340 e. The van der Waals surface area contributed by atoms with Crippen LogP contribution >= 0.6 is 0 Å². The average Bonchev–Trinajstić information content (AvgIpc) is 3.14. The molecule has 0 amide bonds. The number of pyridine rings is 1. The number of hydrogen-bond donors (Lipinski definition) is 0. The van der Waals surface area contributed by atoms with E-state index in [1.54, 1.807) is 23.1 Å². The van der Waals surface area contributed by atoms with Gasteiger partial charge in [-0.15, -0.1) is 0 Å². The lowest BCUT2D eigenvalue weighted by Gasteiger charge is -2.31. The average molecular weight is 349 g/mol. The minimum absolute atomic E-state index is 0.0831. The Kier molecular flexibility index (Phi) is 4.39. The number of carbonyl (C=O) groups excluding carboxylic acids is 1. The lowest BCUT2D eigenvalue weighted by atomic mass is 9.92. The number of piperidine rings is 1. The van der Waals surface area contributed by atoms with E-state index in [1.807, 2.05) is 25.2 Å². The fourth-order valence-electron chi connectivity index (χ4n) is 3.24. The number of rotatable bonds is 4. The van der Waals surface area contributed by atoms with Gasteiger partial charge in [0.2, 0.25) is 5.95 Å². The van der Waals surface area contributed by atoms with Crippen molar-refractivity contribution in [3.63, 3.8) is 0 Å². The summed E-state index contributed by atoms with van der Waals surface area (Å²) in [5, 5.41) is 4.08. The zero-order valence-corrected chi connectivity index (χ0v) is 14.5. The first-order valence-electron chi connectivity index (χ1n) is 8.60. The normalized spacial score (nSPS) is 17.3. The fraction of sp³-hybridized carbons (Fsp3) is 0.333. The van der Waals surface area contributed by atoms with Gasteiger partial charge in [-0.3, -0.25) is 9.78 Å². The quantitative estimate of drug-likeness (QED) is 0.663. The van der Waals surface area contributed by atoms with E-state index in [2.05, 4.69) is 29.9 Å². The number of nitrogens with zero attached hydrogens (tertiary/aromatic N) is 7. The van der Waals surface area contributed by atoms with Crippen LogP contribution in [0.4, 0.5) is 5.95 Å². The summed E-state index contributed by atoms with van der Waals surface area (Å²) in [5.41, 5.74) is 1.24. The van der Waals surface area contributed by atoms with Crippen LogP contribution in [0.15, 0.2) is 43.0 Å². The smallest absolute Gasteiger partial charge is 0.225 e. The molecule has 0 saturated carbocycles. The van der Waals surface area contributed by atoms with Gasteiger partial charge in [0.1, 0.15) is 17.7 Å². The van der Waals surface area contributed by atoms with Gasteiger partial charge in [0.05, 0.1) is 0 Å². The third kappa shape index (κ3) is 3.17. The second-order valence-electron chi connectivity index (χ2n) is 6.31. The molecule has 1 aliphatic heterocycles. The van der Waals surface area contributed by atoms with Crippen LogP contribution < -0.4 is 4.90 Å². The Balaban J connectivity index is 1.55. The lowest BCUT2D eigenvalue weighted by molar-refractivity contribution is 0.0901. The first kappa shape index (κ1) is 16.3. The molecule has 1 atom stereocenters. The molecule has 0 N–H and O–H groups in total. The van der Waals surface area contributed by atoms with Gasteiger partial charge in [0.15, 0.2) is 11.6 Å². The summed E-state index contributed by atoms with van der Waals surface area (Å²) < 4.78 is 1.68. The summed E-state index contributed by atoms with van der Waals surface area (Å²) in [6.45, 7) is 1.42. The molecule has 4 rings (SSSR count). The van der Waals surface area contributed by atoms with Gasteiger partial charge < -0.3 is 4.90 Å². The predicted molar refractivity (Wildman–Crippen MR) is 95.5 cm³/mol. The Labute approximate surface area is 151 Å². The lowest BCUT2D eigenvalue weighted by Crippen LogP contribution is -2.39. The van der Waals surface area contributed by atoms with Crippen LogP contribution in [-0.4, -0.2) is 48.6 Å². The van der Waals surface area contributed by atoms with Crippen molar-refractivity contribution in [2.75, 3.05) is 18.0 Å². The number of Topliss-reactive ketones (excluding diaryl/α,β-unsaturated/α-hetero) is 1. The molecule has 0 bridgehead atoms. The van der Waals surface area contributed by atoms with Gasteiger partial charge in [-0.2, -0.15) is 5.10 Å². The first-order valence-corrected chi connectivity index (χ1v) is 8.60. The molecule has 8 nitrogen and oxygen atoms in total. The van der Waals surface area contributed by atoms with Gasteiger partial charge in [-0.1, -0.05) is 6.07 Å².